The quantitative estimate of drug-likeness (QED) is 0.872. The third-order valence-corrected chi connectivity index (χ3v) is 3.24. The lowest BCUT2D eigenvalue weighted by Gasteiger charge is -2.16. The first-order valence-electron chi connectivity index (χ1n) is 5.43. The summed E-state index contributed by atoms with van der Waals surface area (Å²) in [5, 5.41) is 3.72. The van der Waals surface area contributed by atoms with Crippen molar-refractivity contribution in [1.82, 2.24) is 15.0 Å². The molecule has 2 aromatic heterocycles. The van der Waals surface area contributed by atoms with Gasteiger partial charge >= 0.3 is 0 Å². The number of aryl methyl sites for hydroxylation is 1. The Balaban J connectivity index is 2.24. The maximum Gasteiger partial charge on any atom is 0.152 e. The second-order valence-corrected chi connectivity index (χ2v) is 5.16. The van der Waals surface area contributed by atoms with Gasteiger partial charge < -0.3 is 5.32 Å². The lowest BCUT2D eigenvalue weighted by Crippen LogP contribution is -2.11. The van der Waals surface area contributed by atoms with Crippen LogP contribution in [0.3, 0.4) is 0 Å². The summed E-state index contributed by atoms with van der Waals surface area (Å²) in [6, 6.07) is 1.89. The van der Waals surface area contributed by atoms with E-state index in [4.69, 9.17) is 11.6 Å². The molecule has 6 heteroatoms. The zero-order chi connectivity index (χ0) is 13.1. The molecule has 0 aromatic carbocycles. The van der Waals surface area contributed by atoms with Gasteiger partial charge in [-0.05, 0) is 35.8 Å². The molecule has 0 fully saturated rings. The smallest absolute Gasteiger partial charge is 0.152 e. The Morgan fingerprint density at radius 2 is 2.00 bits per heavy atom. The SMILES string of the molecule is Cc1nccnc1C(C)Nc1cc(Br)cnc1Cl. The second kappa shape index (κ2) is 5.63. The van der Waals surface area contributed by atoms with Crippen LogP contribution < -0.4 is 5.32 Å². The molecule has 0 amide bonds. The Labute approximate surface area is 119 Å². The minimum atomic E-state index is 0.00676. The number of aromatic nitrogens is 3. The summed E-state index contributed by atoms with van der Waals surface area (Å²) in [7, 11) is 0. The number of hydrogen-bond donors (Lipinski definition) is 1. The molecule has 1 N–H and O–H groups in total. The van der Waals surface area contributed by atoms with E-state index in [-0.39, 0.29) is 6.04 Å². The molecule has 0 radical (unpaired) electrons. The molecule has 1 unspecified atom stereocenters. The van der Waals surface area contributed by atoms with Crippen molar-refractivity contribution >= 4 is 33.2 Å². The topological polar surface area (TPSA) is 50.7 Å². The first-order valence-corrected chi connectivity index (χ1v) is 6.60. The van der Waals surface area contributed by atoms with E-state index in [0.29, 0.717) is 5.15 Å². The Morgan fingerprint density at radius 3 is 2.72 bits per heavy atom. The molecule has 0 aliphatic rings. The molecule has 4 nitrogen and oxygen atoms in total. The molecule has 0 aliphatic carbocycles. The van der Waals surface area contributed by atoms with Crippen LogP contribution in [0.5, 0.6) is 0 Å². The molecule has 0 aliphatic heterocycles. The Hall–Kier alpha value is -1.20. The van der Waals surface area contributed by atoms with Crippen LogP contribution in [0.2, 0.25) is 5.15 Å². The van der Waals surface area contributed by atoms with Gasteiger partial charge in [0.25, 0.3) is 0 Å². The number of nitrogens with one attached hydrogen (secondary N) is 1. The standard InChI is InChI=1S/C12H12BrClN4/c1-7-11(16-4-3-15-7)8(2)18-10-5-9(13)6-17-12(10)14/h3-6,8,18H,1-2H3. The van der Waals surface area contributed by atoms with Gasteiger partial charge in [-0.15, -0.1) is 0 Å². The molecule has 94 valence electrons. The van der Waals surface area contributed by atoms with Crippen molar-refractivity contribution in [2.24, 2.45) is 0 Å². The average molecular weight is 328 g/mol. The highest BCUT2D eigenvalue weighted by atomic mass is 79.9. The molecule has 2 heterocycles. The number of rotatable bonds is 3. The predicted molar refractivity (Wildman–Crippen MR) is 75.8 cm³/mol. The molecule has 2 aromatic rings. The highest BCUT2D eigenvalue weighted by molar-refractivity contribution is 9.10. The zero-order valence-electron chi connectivity index (χ0n) is 9.98. The Bertz CT molecular complexity index is 562. The summed E-state index contributed by atoms with van der Waals surface area (Å²) in [4.78, 5) is 12.6. The van der Waals surface area contributed by atoms with Gasteiger partial charge in [-0.25, -0.2) is 4.98 Å². The molecule has 0 spiro atoms. The fraction of sp³-hybridized carbons (Fsp3) is 0.250. The Kier molecular flexibility index (Phi) is 4.14. The number of nitrogens with zero attached hydrogens (tertiary/aromatic N) is 3. The van der Waals surface area contributed by atoms with Crippen molar-refractivity contribution in [3.8, 4) is 0 Å². The summed E-state index contributed by atoms with van der Waals surface area (Å²) in [5.41, 5.74) is 2.56. The van der Waals surface area contributed by atoms with E-state index in [9.17, 15) is 0 Å². The first-order chi connectivity index (χ1) is 8.58. The third kappa shape index (κ3) is 2.97. The van der Waals surface area contributed by atoms with Crippen molar-refractivity contribution in [3.63, 3.8) is 0 Å². The lowest BCUT2D eigenvalue weighted by molar-refractivity contribution is 0.809. The van der Waals surface area contributed by atoms with E-state index >= 15 is 0 Å². The summed E-state index contributed by atoms with van der Waals surface area (Å²) < 4.78 is 0.873. The molecule has 2 rings (SSSR count). The first kappa shape index (κ1) is 13.2. The summed E-state index contributed by atoms with van der Waals surface area (Å²) in [6.07, 6.45) is 5.02. The monoisotopic (exact) mass is 326 g/mol. The van der Waals surface area contributed by atoms with Crippen molar-refractivity contribution in [1.29, 1.82) is 0 Å². The van der Waals surface area contributed by atoms with E-state index in [1.807, 2.05) is 19.9 Å². The zero-order valence-corrected chi connectivity index (χ0v) is 12.3. The van der Waals surface area contributed by atoms with Gasteiger partial charge in [-0.1, -0.05) is 11.6 Å². The molecule has 0 bridgehead atoms. The van der Waals surface area contributed by atoms with Crippen molar-refractivity contribution in [2.45, 2.75) is 19.9 Å². The third-order valence-electron chi connectivity index (χ3n) is 2.51. The molecular formula is C12H12BrClN4. The van der Waals surface area contributed by atoms with Gasteiger partial charge in [0, 0.05) is 23.1 Å². The second-order valence-electron chi connectivity index (χ2n) is 3.88. The van der Waals surface area contributed by atoms with E-state index < -0.39 is 0 Å². The van der Waals surface area contributed by atoms with Crippen LogP contribution in [0.25, 0.3) is 0 Å². The highest BCUT2D eigenvalue weighted by Crippen LogP contribution is 2.27. The van der Waals surface area contributed by atoms with Gasteiger partial charge in [0.15, 0.2) is 5.15 Å². The fourth-order valence-electron chi connectivity index (χ4n) is 1.67. The van der Waals surface area contributed by atoms with Gasteiger partial charge in [0.1, 0.15) is 0 Å². The van der Waals surface area contributed by atoms with Gasteiger partial charge in [-0.3, -0.25) is 9.97 Å². The van der Waals surface area contributed by atoms with Gasteiger partial charge in [0.2, 0.25) is 0 Å². The molecule has 0 saturated heterocycles. The van der Waals surface area contributed by atoms with Crippen LogP contribution in [-0.4, -0.2) is 15.0 Å². The van der Waals surface area contributed by atoms with Gasteiger partial charge in [-0.2, -0.15) is 0 Å². The van der Waals surface area contributed by atoms with E-state index in [2.05, 4.69) is 36.2 Å². The highest BCUT2D eigenvalue weighted by Gasteiger charge is 2.12. The van der Waals surface area contributed by atoms with Crippen LogP contribution >= 0.6 is 27.5 Å². The van der Waals surface area contributed by atoms with Crippen LogP contribution in [0, 0.1) is 6.92 Å². The minimum Gasteiger partial charge on any atom is -0.374 e. The largest absolute Gasteiger partial charge is 0.374 e. The molecule has 18 heavy (non-hydrogen) atoms. The maximum absolute atomic E-state index is 6.04. The maximum atomic E-state index is 6.04. The molecule has 1 atom stereocenters. The summed E-state index contributed by atoms with van der Waals surface area (Å²) in [6.45, 7) is 3.94. The summed E-state index contributed by atoms with van der Waals surface area (Å²) >= 11 is 9.40. The predicted octanol–water partition coefficient (Wildman–Crippen LogP) is 3.77. The fourth-order valence-corrected chi connectivity index (χ4v) is 2.16. The van der Waals surface area contributed by atoms with Crippen LogP contribution in [-0.2, 0) is 0 Å². The Morgan fingerprint density at radius 1 is 1.28 bits per heavy atom. The van der Waals surface area contributed by atoms with E-state index in [1.54, 1.807) is 18.6 Å². The van der Waals surface area contributed by atoms with Crippen molar-refractivity contribution < 1.29 is 0 Å². The van der Waals surface area contributed by atoms with E-state index in [1.165, 1.54) is 0 Å². The number of halogens is 2. The van der Waals surface area contributed by atoms with Gasteiger partial charge in [0.05, 0.1) is 23.1 Å². The number of pyridine rings is 1. The van der Waals surface area contributed by atoms with Crippen LogP contribution in [0.1, 0.15) is 24.4 Å². The lowest BCUT2D eigenvalue weighted by atomic mass is 10.2. The van der Waals surface area contributed by atoms with Crippen LogP contribution in [0.15, 0.2) is 29.1 Å². The van der Waals surface area contributed by atoms with Crippen molar-refractivity contribution in [3.05, 3.63) is 45.7 Å². The number of hydrogen-bond acceptors (Lipinski definition) is 4. The van der Waals surface area contributed by atoms with E-state index in [0.717, 1.165) is 21.5 Å². The van der Waals surface area contributed by atoms with Crippen molar-refractivity contribution in [2.75, 3.05) is 5.32 Å². The average Bonchev–Trinajstić information content (AvgIpc) is 2.34. The molecule has 0 saturated carbocycles. The minimum absolute atomic E-state index is 0.00676. The normalized spacial score (nSPS) is 12.2. The summed E-state index contributed by atoms with van der Waals surface area (Å²) in [5.74, 6) is 0. The number of anilines is 1. The molecular weight excluding hydrogens is 316 g/mol. The van der Waals surface area contributed by atoms with Crippen LogP contribution in [0.4, 0.5) is 5.69 Å².